The van der Waals surface area contributed by atoms with Crippen LogP contribution in [0.1, 0.15) is 5.56 Å². The topological polar surface area (TPSA) is 82.8 Å². The third-order valence-corrected chi connectivity index (χ3v) is 3.03. The summed E-state index contributed by atoms with van der Waals surface area (Å²) in [5.41, 5.74) is 2.46. The molecule has 6 heteroatoms. The van der Waals surface area contributed by atoms with Gasteiger partial charge in [0.05, 0.1) is 23.6 Å². The minimum atomic E-state index is -3.35. The van der Waals surface area contributed by atoms with Crippen LogP contribution < -0.4 is 4.72 Å². The second kappa shape index (κ2) is 5.08. The summed E-state index contributed by atoms with van der Waals surface area (Å²) in [5, 5.41) is 8.75. The maximum atomic E-state index is 11.3. The van der Waals surface area contributed by atoms with Gasteiger partial charge in [0.25, 0.3) is 0 Å². The number of nitrogens with one attached hydrogen (secondary N) is 1. The molecular weight excluding hydrogens is 262 g/mol. The predicted molar refractivity (Wildman–Crippen MR) is 72.9 cm³/mol. The fourth-order valence-electron chi connectivity index (χ4n) is 1.64. The molecule has 1 aromatic heterocycles. The first kappa shape index (κ1) is 13.1. The van der Waals surface area contributed by atoms with Gasteiger partial charge in [-0.25, -0.2) is 8.42 Å². The Morgan fingerprint density at radius 1 is 1.21 bits per heavy atom. The molecule has 19 heavy (non-hydrogen) atoms. The van der Waals surface area contributed by atoms with Crippen molar-refractivity contribution in [2.24, 2.45) is 0 Å². The van der Waals surface area contributed by atoms with Crippen LogP contribution in [0.3, 0.4) is 0 Å². The minimum absolute atomic E-state index is 0.460. The Labute approximate surface area is 111 Å². The fraction of sp³-hybridized carbons (Fsp3) is 0.0769. The number of pyridine rings is 1. The molecule has 1 N–H and O–H groups in total. The lowest BCUT2D eigenvalue weighted by Gasteiger charge is -2.10. The third-order valence-electron chi connectivity index (χ3n) is 2.44. The molecule has 0 radical (unpaired) electrons. The SMILES string of the molecule is CS(=O)(=O)Nc1ccncc1-c1ccc(C#N)cc1. The van der Waals surface area contributed by atoms with Gasteiger partial charge >= 0.3 is 0 Å². The molecule has 0 aliphatic heterocycles. The molecule has 0 spiro atoms. The van der Waals surface area contributed by atoms with E-state index in [1.54, 1.807) is 36.5 Å². The summed E-state index contributed by atoms with van der Waals surface area (Å²) in [6.07, 6.45) is 4.19. The normalized spacial score (nSPS) is 10.7. The lowest BCUT2D eigenvalue weighted by Crippen LogP contribution is -2.10. The molecule has 0 bridgehead atoms. The largest absolute Gasteiger partial charge is 0.283 e. The van der Waals surface area contributed by atoms with E-state index < -0.39 is 10.0 Å². The van der Waals surface area contributed by atoms with Crippen molar-refractivity contribution < 1.29 is 8.42 Å². The first-order valence-corrected chi connectivity index (χ1v) is 7.31. The van der Waals surface area contributed by atoms with Crippen molar-refractivity contribution in [3.05, 3.63) is 48.3 Å². The van der Waals surface area contributed by atoms with Gasteiger partial charge in [-0.05, 0) is 23.8 Å². The Morgan fingerprint density at radius 3 is 2.47 bits per heavy atom. The van der Waals surface area contributed by atoms with E-state index in [1.165, 1.54) is 6.20 Å². The summed E-state index contributed by atoms with van der Waals surface area (Å²) < 4.78 is 25.1. The number of nitrogens with zero attached hydrogens (tertiary/aromatic N) is 2. The van der Waals surface area contributed by atoms with E-state index in [2.05, 4.69) is 9.71 Å². The predicted octanol–water partition coefficient (Wildman–Crippen LogP) is 1.99. The number of nitriles is 1. The highest BCUT2D eigenvalue weighted by Crippen LogP contribution is 2.27. The van der Waals surface area contributed by atoms with Gasteiger partial charge in [-0.15, -0.1) is 0 Å². The van der Waals surface area contributed by atoms with Gasteiger partial charge in [0.1, 0.15) is 0 Å². The molecule has 5 nitrogen and oxygen atoms in total. The minimum Gasteiger partial charge on any atom is -0.283 e. The Bertz CT molecular complexity index is 731. The second-order valence-corrected chi connectivity index (χ2v) is 5.73. The molecule has 96 valence electrons. The fourth-order valence-corrected chi connectivity index (χ4v) is 2.22. The molecule has 0 aliphatic rings. The summed E-state index contributed by atoms with van der Waals surface area (Å²) >= 11 is 0. The molecule has 0 aliphatic carbocycles. The molecular formula is C13H11N3O2S. The van der Waals surface area contributed by atoms with Crippen molar-refractivity contribution in [2.45, 2.75) is 0 Å². The van der Waals surface area contributed by atoms with Crippen LogP contribution in [0.2, 0.25) is 0 Å². The number of benzene rings is 1. The van der Waals surface area contributed by atoms with Crippen LogP contribution in [0.25, 0.3) is 11.1 Å². The highest BCUT2D eigenvalue weighted by atomic mass is 32.2. The lowest BCUT2D eigenvalue weighted by atomic mass is 10.0. The molecule has 0 saturated carbocycles. The van der Waals surface area contributed by atoms with Gasteiger partial charge in [-0.1, -0.05) is 12.1 Å². The summed E-state index contributed by atoms with van der Waals surface area (Å²) in [4.78, 5) is 3.99. The van der Waals surface area contributed by atoms with Crippen molar-refractivity contribution in [2.75, 3.05) is 11.0 Å². The van der Waals surface area contributed by atoms with E-state index in [1.807, 2.05) is 6.07 Å². The number of hydrogen-bond donors (Lipinski definition) is 1. The zero-order chi connectivity index (χ0) is 13.9. The first-order valence-electron chi connectivity index (χ1n) is 5.42. The number of hydrogen-bond acceptors (Lipinski definition) is 4. The average Bonchev–Trinajstić information content (AvgIpc) is 2.38. The van der Waals surface area contributed by atoms with Crippen LogP contribution in [0, 0.1) is 11.3 Å². The van der Waals surface area contributed by atoms with Gasteiger partial charge < -0.3 is 0 Å². The Morgan fingerprint density at radius 2 is 1.89 bits per heavy atom. The summed E-state index contributed by atoms with van der Waals surface area (Å²) in [5.74, 6) is 0. The van der Waals surface area contributed by atoms with E-state index in [0.29, 0.717) is 16.8 Å². The zero-order valence-corrected chi connectivity index (χ0v) is 11.0. The Balaban J connectivity index is 2.47. The molecule has 0 amide bonds. The number of anilines is 1. The third kappa shape index (κ3) is 3.30. The summed E-state index contributed by atoms with van der Waals surface area (Å²) in [6, 6.07) is 10.5. The maximum absolute atomic E-state index is 11.3. The van der Waals surface area contributed by atoms with Crippen molar-refractivity contribution >= 4 is 15.7 Å². The van der Waals surface area contributed by atoms with Crippen molar-refractivity contribution in [3.8, 4) is 17.2 Å². The standard InChI is InChI=1S/C13H11N3O2S/c1-19(17,18)16-13-6-7-15-9-12(13)11-4-2-10(8-14)3-5-11/h2-7,9H,1H3,(H,15,16). The number of rotatable bonds is 3. The zero-order valence-electron chi connectivity index (χ0n) is 10.2. The average molecular weight is 273 g/mol. The first-order chi connectivity index (χ1) is 8.99. The lowest BCUT2D eigenvalue weighted by molar-refractivity contribution is 0.607. The molecule has 1 heterocycles. The van der Waals surface area contributed by atoms with Crippen molar-refractivity contribution in [1.29, 1.82) is 5.26 Å². The van der Waals surface area contributed by atoms with Crippen molar-refractivity contribution in [1.82, 2.24) is 4.98 Å². The maximum Gasteiger partial charge on any atom is 0.229 e. The molecule has 2 rings (SSSR count). The van der Waals surface area contributed by atoms with Crippen LogP contribution in [0.5, 0.6) is 0 Å². The molecule has 0 atom stereocenters. The van der Waals surface area contributed by atoms with Gasteiger partial charge in [0, 0.05) is 18.0 Å². The molecule has 0 unspecified atom stereocenters. The van der Waals surface area contributed by atoms with E-state index in [0.717, 1.165) is 11.8 Å². The summed E-state index contributed by atoms with van der Waals surface area (Å²) in [6.45, 7) is 0. The van der Waals surface area contributed by atoms with Gasteiger partial charge in [0.2, 0.25) is 10.0 Å². The van der Waals surface area contributed by atoms with Crippen LogP contribution in [-0.4, -0.2) is 19.7 Å². The van der Waals surface area contributed by atoms with Gasteiger partial charge in [-0.3, -0.25) is 9.71 Å². The van der Waals surface area contributed by atoms with Gasteiger partial charge in [-0.2, -0.15) is 5.26 Å². The summed E-state index contributed by atoms with van der Waals surface area (Å²) in [7, 11) is -3.35. The molecule has 0 saturated heterocycles. The van der Waals surface area contributed by atoms with Crippen molar-refractivity contribution in [3.63, 3.8) is 0 Å². The Hall–Kier alpha value is -2.39. The Kier molecular flexibility index (Phi) is 3.49. The van der Waals surface area contributed by atoms with E-state index >= 15 is 0 Å². The molecule has 0 fully saturated rings. The quantitative estimate of drug-likeness (QED) is 0.927. The van der Waals surface area contributed by atoms with E-state index in [9.17, 15) is 8.42 Å². The highest BCUT2D eigenvalue weighted by Gasteiger charge is 2.09. The second-order valence-electron chi connectivity index (χ2n) is 3.98. The van der Waals surface area contributed by atoms with Crippen LogP contribution in [-0.2, 0) is 10.0 Å². The number of sulfonamides is 1. The van der Waals surface area contributed by atoms with Crippen LogP contribution in [0.4, 0.5) is 5.69 Å². The van der Waals surface area contributed by atoms with E-state index in [-0.39, 0.29) is 0 Å². The van der Waals surface area contributed by atoms with Gasteiger partial charge in [0.15, 0.2) is 0 Å². The van der Waals surface area contributed by atoms with Crippen LogP contribution in [0.15, 0.2) is 42.7 Å². The monoisotopic (exact) mass is 273 g/mol. The highest BCUT2D eigenvalue weighted by molar-refractivity contribution is 7.92. The number of aromatic nitrogens is 1. The smallest absolute Gasteiger partial charge is 0.229 e. The molecule has 1 aromatic carbocycles. The van der Waals surface area contributed by atoms with E-state index in [4.69, 9.17) is 5.26 Å². The van der Waals surface area contributed by atoms with Crippen LogP contribution >= 0.6 is 0 Å². The molecule has 2 aromatic rings.